The lowest BCUT2D eigenvalue weighted by Gasteiger charge is -2.39. The summed E-state index contributed by atoms with van der Waals surface area (Å²) in [6.45, 7) is 14.6. The number of benzene rings is 2. The minimum Gasteiger partial charge on any atom is -0.444 e. The van der Waals surface area contributed by atoms with E-state index in [4.69, 9.17) is 33.0 Å². The van der Waals surface area contributed by atoms with E-state index in [2.05, 4.69) is 13.8 Å². The number of carbonyl (C=O) groups is 2. The quantitative estimate of drug-likeness (QED) is 0.318. The van der Waals surface area contributed by atoms with Crippen molar-refractivity contribution < 1.29 is 19.4 Å². The number of amides is 2. The maximum Gasteiger partial charge on any atom is 0.410 e. The molecule has 2 aliphatic rings. The molecular weight excluding hydrogens is 587 g/mol. The van der Waals surface area contributed by atoms with Crippen molar-refractivity contribution >= 4 is 40.9 Å². The van der Waals surface area contributed by atoms with Gasteiger partial charge in [0.1, 0.15) is 5.60 Å². The van der Waals surface area contributed by atoms with Crippen LogP contribution in [0.5, 0.6) is 0 Å². The molecule has 43 heavy (non-hydrogen) atoms. The van der Waals surface area contributed by atoms with E-state index in [0.717, 1.165) is 33.6 Å². The van der Waals surface area contributed by atoms with Crippen LogP contribution >= 0.6 is 23.2 Å². The van der Waals surface area contributed by atoms with Gasteiger partial charge in [-0.25, -0.2) is 4.79 Å². The van der Waals surface area contributed by atoms with Gasteiger partial charge in [-0.15, -0.1) is 0 Å². The van der Waals surface area contributed by atoms with Gasteiger partial charge in [-0.3, -0.25) is 14.4 Å². The van der Waals surface area contributed by atoms with Crippen molar-refractivity contribution in [1.29, 1.82) is 0 Å². The van der Waals surface area contributed by atoms with Crippen molar-refractivity contribution in [2.24, 2.45) is 0 Å². The van der Waals surface area contributed by atoms with Crippen LogP contribution in [0.4, 0.5) is 10.5 Å². The number of aromatic nitrogens is 2. The van der Waals surface area contributed by atoms with Crippen LogP contribution in [0.15, 0.2) is 36.4 Å². The number of rotatable bonds is 5. The number of piperidine rings is 1. The third-order valence-corrected chi connectivity index (χ3v) is 8.75. The van der Waals surface area contributed by atoms with E-state index < -0.39 is 17.2 Å². The molecule has 10 heteroatoms. The molecule has 1 aromatic heterocycles. The first kappa shape index (κ1) is 31.4. The van der Waals surface area contributed by atoms with Gasteiger partial charge in [-0.1, -0.05) is 49.2 Å². The van der Waals surface area contributed by atoms with Crippen LogP contribution in [-0.2, 0) is 11.3 Å². The number of hydrogen-bond acceptors (Lipinski definition) is 5. The average Bonchev–Trinajstić information content (AvgIpc) is 3.38. The van der Waals surface area contributed by atoms with Crippen LogP contribution in [-0.4, -0.2) is 56.1 Å². The normalized spacial score (nSPS) is 18.4. The summed E-state index contributed by atoms with van der Waals surface area (Å²) in [6.07, 6.45) is 0.365. The molecule has 8 nitrogen and oxygen atoms in total. The maximum absolute atomic E-state index is 14.3. The van der Waals surface area contributed by atoms with Gasteiger partial charge in [0.15, 0.2) is 5.69 Å². The SMILES string of the molecule is Cc1cc(Cl)ccc1C1c2c(nn(CC3(O)CCN(C(=O)OC(C)(C)C)CC3)c2C(C)C)C(=O)N1c1cc(Cl)ccc1C. The Morgan fingerprint density at radius 1 is 1.07 bits per heavy atom. The van der Waals surface area contributed by atoms with E-state index in [1.165, 1.54) is 0 Å². The molecular formula is C33H40Cl2N4O4. The van der Waals surface area contributed by atoms with Gasteiger partial charge in [0.2, 0.25) is 0 Å². The summed E-state index contributed by atoms with van der Waals surface area (Å²) >= 11 is 12.8. The molecule has 5 rings (SSSR count). The van der Waals surface area contributed by atoms with Gasteiger partial charge in [-0.2, -0.15) is 5.10 Å². The lowest BCUT2D eigenvalue weighted by Crippen LogP contribution is -2.50. The minimum absolute atomic E-state index is 0.00465. The highest BCUT2D eigenvalue weighted by Gasteiger charge is 2.46. The number of halogens is 2. The number of likely N-dealkylation sites (tertiary alicyclic amines) is 1. The molecule has 1 saturated heterocycles. The highest BCUT2D eigenvalue weighted by Crippen LogP contribution is 2.47. The Kier molecular flexibility index (Phi) is 8.35. The largest absolute Gasteiger partial charge is 0.444 e. The molecule has 2 aliphatic heterocycles. The molecule has 1 unspecified atom stereocenters. The number of anilines is 1. The molecule has 0 spiro atoms. The van der Waals surface area contributed by atoms with Crippen molar-refractivity contribution in [2.45, 2.75) is 91.0 Å². The highest BCUT2D eigenvalue weighted by atomic mass is 35.5. The first-order valence-corrected chi connectivity index (χ1v) is 15.5. The lowest BCUT2D eigenvalue weighted by molar-refractivity contribution is -0.0437. The molecule has 230 valence electrons. The van der Waals surface area contributed by atoms with Gasteiger partial charge in [-0.05, 0) is 94.3 Å². The molecule has 1 atom stereocenters. The van der Waals surface area contributed by atoms with E-state index in [1.807, 2.05) is 75.7 Å². The minimum atomic E-state index is -1.10. The van der Waals surface area contributed by atoms with Crippen molar-refractivity contribution in [1.82, 2.24) is 14.7 Å². The number of fused-ring (bicyclic) bond motifs is 1. The molecule has 0 saturated carbocycles. The number of carbonyl (C=O) groups excluding carboxylic acids is 2. The molecule has 3 aromatic rings. The predicted molar refractivity (Wildman–Crippen MR) is 169 cm³/mol. The lowest BCUT2D eigenvalue weighted by atomic mass is 9.90. The number of nitrogens with zero attached hydrogens (tertiary/aromatic N) is 4. The summed E-state index contributed by atoms with van der Waals surface area (Å²) in [5.74, 6) is -0.211. The van der Waals surface area contributed by atoms with Gasteiger partial charge in [0.25, 0.3) is 5.91 Å². The number of hydrogen-bond donors (Lipinski definition) is 1. The second-order valence-electron chi connectivity index (χ2n) is 13.2. The Morgan fingerprint density at radius 2 is 1.70 bits per heavy atom. The highest BCUT2D eigenvalue weighted by molar-refractivity contribution is 6.31. The van der Waals surface area contributed by atoms with Gasteiger partial charge in [0, 0.05) is 40.1 Å². The fraction of sp³-hybridized carbons (Fsp3) is 0.485. The Bertz CT molecular complexity index is 1570. The van der Waals surface area contributed by atoms with Crippen molar-refractivity contribution in [3.05, 3.63) is 80.1 Å². The van der Waals surface area contributed by atoms with E-state index in [9.17, 15) is 14.7 Å². The number of aliphatic hydroxyl groups is 1. The average molecular weight is 628 g/mol. The van der Waals surface area contributed by atoms with Gasteiger partial charge in [0.05, 0.1) is 18.2 Å². The summed E-state index contributed by atoms with van der Waals surface area (Å²) < 4.78 is 7.35. The fourth-order valence-electron chi connectivity index (χ4n) is 6.21. The Balaban J connectivity index is 1.54. The smallest absolute Gasteiger partial charge is 0.410 e. The van der Waals surface area contributed by atoms with Crippen LogP contribution in [0, 0.1) is 13.8 Å². The zero-order valence-electron chi connectivity index (χ0n) is 25.9. The second kappa shape index (κ2) is 11.5. The molecule has 0 radical (unpaired) electrons. The summed E-state index contributed by atoms with van der Waals surface area (Å²) in [5.41, 5.74) is 3.97. The number of aryl methyl sites for hydroxylation is 2. The molecule has 0 bridgehead atoms. The van der Waals surface area contributed by atoms with E-state index in [0.29, 0.717) is 41.7 Å². The van der Waals surface area contributed by atoms with Crippen LogP contribution in [0.25, 0.3) is 0 Å². The summed E-state index contributed by atoms with van der Waals surface area (Å²) in [5, 5.41) is 17.8. The first-order valence-electron chi connectivity index (χ1n) is 14.8. The molecule has 2 amide bonds. The Hall–Kier alpha value is -3.07. The Morgan fingerprint density at radius 3 is 2.30 bits per heavy atom. The predicted octanol–water partition coefficient (Wildman–Crippen LogP) is 7.44. The van der Waals surface area contributed by atoms with Gasteiger partial charge >= 0.3 is 6.09 Å². The van der Waals surface area contributed by atoms with Gasteiger partial charge < -0.3 is 14.7 Å². The fourth-order valence-corrected chi connectivity index (χ4v) is 6.60. The molecule has 1 N–H and O–H groups in total. The molecule has 3 heterocycles. The van der Waals surface area contributed by atoms with E-state index in [-0.39, 0.29) is 24.5 Å². The second-order valence-corrected chi connectivity index (χ2v) is 14.0. The van der Waals surface area contributed by atoms with Crippen LogP contribution in [0.3, 0.4) is 0 Å². The van der Waals surface area contributed by atoms with E-state index >= 15 is 0 Å². The first-order chi connectivity index (χ1) is 20.1. The summed E-state index contributed by atoms with van der Waals surface area (Å²) in [6, 6.07) is 10.8. The van der Waals surface area contributed by atoms with Crippen LogP contribution in [0.2, 0.25) is 10.0 Å². The summed E-state index contributed by atoms with van der Waals surface area (Å²) in [4.78, 5) is 30.3. The van der Waals surface area contributed by atoms with Crippen molar-refractivity contribution in [3.63, 3.8) is 0 Å². The molecule has 1 fully saturated rings. The van der Waals surface area contributed by atoms with Crippen molar-refractivity contribution in [2.75, 3.05) is 18.0 Å². The zero-order valence-corrected chi connectivity index (χ0v) is 27.4. The van der Waals surface area contributed by atoms with Crippen molar-refractivity contribution in [3.8, 4) is 0 Å². The standard InChI is InChI=1S/C33H40Cl2N4O4/c1-19(2)28-26-27(36-38(28)18-33(42)12-14-37(15-13-33)31(41)43-32(5,6)7)30(40)39(25-17-23(35)9-8-20(25)3)29(26)24-11-10-22(34)16-21(24)4/h8-11,16-17,19,29,42H,12-15,18H2,1-7H3. The monoisotopic (exact) mass is 626 g/mol. The molecule has 2 aromatic carbocycles. The van der Waals surface area contributed by atoms with Crippen LogP contribution < -0.4 is 4.90 Å². The zero-order chi connectivity index (χ0) is 31.4. The Labute approximate surface area is 263 Å². The third-order valence-electron chi connectivity index (χ3n) is 8.28. The topological polar surface area (TPSA) is 87.9 Å². The maximum atomic E-state index is 14.3. The summed E-state index contributed by atoms with van der Waals surface area (Å²) in [7, 11) is 0. The third kappa shape index (κ3) is 6.15. The number of ether oxygens (including phenoxy) is 1. The van der Waals surface area contributed by atoms with E-state index in [1.54, 1.807) is 9.80 Å². The van der Waals surface area contributed by atoms with Crippen LogP contribution in [0.1, 0.15) is 97.9 Å². The molecule has 0 aliphatic carbocycles.